The van der Waals surface area contributed by atoms with Crippen molar-refractivity contribution in [3.63, 3.8) is 0 Å². The highest BCUT2D eigenvalue weighted by molar-refractivity contribution is 5.51. The molecular formula is C19H21N3O. The molecule has 0 aliphatic carbocycles. The maximum Gasteiger partial charge on any atom is 0.247 e. The fraction of sp³-hybridized carbons (Fsp3) is 0.263. The molecule has 0 amide bonds. The third-order valence-corrected chi connectivity index (χ3v) is 3.99. The van der Waals surface area contributed by atoms with E-state index in [-0.39, 0.29) is 12.1 Å². The Morgan fingerprint density at radius 1 is 0.870 bits per heavy atom. The maximum absolute atomic E-state index is 5.81. The fourth-order valence-corrected chi connectivity index (χ4v) is 2.72. The molecule has 118 valence electrons. The van der Waals surface area contributed by atoms with Gasteiger partial charge < -0.3 is 4.42 Å². The number of aromatic nitrogens is 2. The minimum Gasteiger partial charge on any atom is -0.419 e. The van der Waals surface area contributed by atoms with E-state index in [9.17, 15) is 0 Å². The van der Waals surface area contributed by atoms with Crippen LogP contribution in [0.4, 0.5) is 0 Å². The Morgan fingerprint density at radius 3 is 2.30 bits per heavy atom. The molecular weight excluding hydrogens is 286 g/mol. The van der Waals surface area contributed by atoms with Gasteiger partial charge in [0.1, 0.15) is 0 Å². The molecule has 0 bridgehead atoms. The fourth-order valence-electron chi connectivity index (χ4n) is 2.72. The van der Waals surface area contributed by atoms with E-state index in [0.29, 0.717) is 11.8 Å². The molecule has 4 nitrogen and oxygen atoms in total. The Labute approximate surface area is 136 Å². The molecule has 0 spiro atoms. The van der Waals surface area contributed by atoms with Crippen LogP contribution in [0.25, 0.3) is 11.5 Å². The normalized spacial score (nSPS) is 13.7. The average molecular weight is 307 g/mol. The summed E-state index contributed by atoms with van der Waals surface area (Å²) in [7, 11) is 0. The Kier molecular flexibility index (Phi) is 4.53. The summed E-state index contributed by atoms with van der Waals surface area (Å²) < 4.78 is 5.81. The first-order chi connectivity index (χ1) is 11.1. The van der Waals surface area contributed by atoms with Gasteiger partial charge in [0.15, 0.2) is 0 Å². The number of rotatable bonds is 5. The summed E-state index contributed by atoms with van der Waals surface area (Å²) in [5.41, 5.74) is 3.49. The lowest BCUT2D eigenvalue weighted by Crippen LogP contribution is -2.23. The van der Waals surface area contributed by atoms with Crippen LogP contribution in [0, 0.1) is 6.92 Å². The van der Waals surface area contributed by atoms with E-state index in [1.165, 1.54) is 11.1 Å². The van der Waals surface area contributed by atoms with Gasteiger partial charge in [0.25, 0.3) is 0 Å². The minimum atomic E-state index is -0.0189. The van der Waals surface area contributed by atoms with Gasteiger partial charge in [0.2, 0.25) is 11.8 Å². The van der Waals surface area contributed by atoms with E-state index in [2.05, 4.69) is 53.6 Å². The van der Waals surface area contributed by atoms with Crippen molar-refractivity contribution in [2.75, 3.05) is 0 Å². The van der Waals surface area contributed by atoms with Crippen LogP contribution in [0.5, 0.6) is 0 Å². The van der Waals surface area contributed by atoms with Crippen LogP contribution in [0.3, 0.4) is 0 Å². The SMILES string of the molecule is Cc1ccccc1C(C)NC(C)c1nnc(-c2ccccc2)o1. The molecule has 4 heteroatoms. The van der Waals surface area contributed by atoms with E-state index >= 15 is 0 Å². The van der Waals surface area contributed by atoms with Gasteiger partial charge in [-0.1, -0.05) is 42.5 Å². The molecule has 3 rings (SSSR count). The van der Waals surface area contributed by atoms with Gasteiger partial charge in [0, 0.05) is 11.6 Å². The van der Waals surface area contributed by atoms with Gasteiger partial charge in [-0.05, 0) is 44.0 Å². The zero-order chi connectivity index (χ0) is 16.2. The second kappa shape index (κ2) is 6.75. The third-order valence-electron chi connectivity index (χ3n) is 3.99. The number of nitrogens with zero attached hydrogens (tertiary/aromatic N) is 2. The molecule has 0 saturated heterocycles. The number of hydrogen-bond donors (Lipinski definition) is 1. The number of hydrogen-bond acceptors (Lipinski definition) is 4. The second-order valence-corrected chi connectivity index (χ2v) is 5.78. The average Bonchev–Trinajstić information content (AvgIpc) is 3.06. The Balaban J connectivity index is 1.73. The molecule has 2 unspecified atom stereocenters. The predicted octanol–water partition coefficient (Wildman–Crippen LogP) is 4.46. The van der Waals surface area contributed by atoms with E-state index < -0.39 is 0 Å². The van der Waals surface area contributed by atoms with Crippen LogP contribution in [0.15, 0.2) is 59.0 Å². The number of aryl methyl sites for hydroxylation is 1. The van der Waals surface area contributed by atoms with Gasteiger partial charge in [-0.25, -0.2) is 0 Å². The van der Waals surface area contributed by atoms with Crippen molar-refractivity contribution in [1.29, 1.82) is 0 Å². The van der Waals surface area contributed by atoms with Gasteiger partial charge in [-0.2, -0.15) is 0 Å². The Bertz CT molecular complexity index is 767. The summed E-state index contributed by atoms with van der Waals surface area (Å²) in [5, 5.41) is 11.9. The summed E-state index contributed by atoms with van der Waals surface area (Å²) in [4.78, 5) is 0. The van der Waals surface area contributed by atoms with Gasteiger partial charge >= 0.3 is 0 Å². The molecule has 0 saturated carbocycles. The van der Waals surface area contributed by atoms with Crippen molar-refractivity contribution in [2.24, 2.45) is 0 Å². The topological polar surface area (TPSA) is 51.0 Å². The summed E-state index contributed by atoms with van der Waals surface area (Å²) in [6, 6.07) is 18.4. The lowest BCUT2D eigenvalue weighted by atomic mass is 10.0. The highest BCUT2D eigenvalue weighted by Gasteiger charge is 2.18. The molecule has 1 N–H and O–H groups in total. The number of nitrogens with one attached hydrogen (secondary N) is 1. The van der Waals surface area contributed by atoms with Crippen molar-refractivity contribution in [2.45, 2.75) is 32.9 Å². The Morgan fingerprint density at radius 2 is 1.57 bits per heavy atom. The molecule has 1 heterocycles. The molecule has 0 fully saturated rings. The first kappa shape index (κ1) is 15.4. The van der Waals surface area contributed by atoms with Crippen LogP contribution in [-0.4, -0.2) is 10.2 Å². The molecule has 0 aliphatic heterocycles. The van der Waals surface area contributed by atoms with Crippen molar-refractivity contribution in [3.05, 3.63) is 71.6 Å². The molecule has 3 aromatic rings. The van der Waals surface area contributed by atoms with Gasteiger partial charge in [-0.3, -0.25) is 5.32 Å². The number of benzene rings is 2. The van der Waals surface area contributed by atoms with E-state index in [1.807, 2.05) is 37.3 Å². The minimum absolute atomic E-state index is 0.0189. The second-order valence-electron chi connectivity index (χ2n) is 5.78. The highest BCUT2D eigenvalue weighted by Crippen LogP contribution is 2.23. The maximum atomic E-state index is 5.81. The van der Waals surface area contributed by atoms with Crippen LogP contribution >= 0.6 is 0 Å². The van der Waals surface area contributed by atoms with E-state index in [0.717, 1.165) is 5.56 Å². The predicted molar refractivity (Wildman–Crippen MR) is 90.9 cm³/mol. The molecule has 0 radical (unpaired) electrons. The van der Waals surface area contributed by atoms with Crippen molar-refractivity contribution in [1.82, 2.24) is 15.5 Å². The summed E-state index contributed by atoms with van der Waals surface area (Å²) in [5.74, 6) is 1.15. The summed E-state index contributed by atoms with van der Waals surface area (Å²) in [6.07, 6.45) is 0. The molecule has 1 aromatic heterocycles. The Hall–Kier alpha value is -2.46. The first-order valence-electron chi connectivity index (χ1n) is 7.85. The van der Waals surface area contributed by atoms with Crippen LogP contribution in [-0.2, 0) is 0 Å². The first-order valence-corrected chi connectivity index (χ1v) is 7.85. The molecule has 23 heavy (non-hydrogen) atoms. The van der Waals surface area contributed by atoms with Crippen LogP contribution in [0.1, 0.15) is 42.9 Å². The summed E-state index contributed by atoms with van der Waals surface area (Å²) >= 11 is 0. The monoisotopic (exact) mass is 307 g/mol. The van der Waals surface area contributed by atoms with E-state index in [1.54, 1.807) is 0 Å². The quantitative estimate of drug-likeness (QED) is 0.756. The zero-order valence-corrected chi connectivity index (χ0v) is 13.7. The smallest absolute Gasteiger partial charge is 0.247 e. The molecule has 2 aromatic carbocycles. The van der Waals surface area contributed by atoms with Crippen molar-refractivity contribution in [3.8, 4) is 11.5 Å². The molecule has 2 atom stereocenters. The molecule has 0 aliphatic rings. The lowest BCUT2D eigenvalue weighted by Gasteiger charge is -2.19. The standard InChI is InChI=1S/C19H21N3O/c1-13-9-7-8-12-17(13)14(2)20-15(3)18-21-22-19(23-18)16-10-5-4-6-11-16/h4-12,14-15,20H,1-3H3. The summed E-state index contributed by atoms with van der Waals surface area (Å²) in [6.45, 7) is 6.31. The van der Waals surface area contributed by atoms with Crippen molar-refractivity contribution >= 4 is 0 Å². The van der Waals surface area contributed by atoms with Crippen LogP contribution < -0.4 is 5.32 Å². The van der Waals surface area contributed by atoms with E-state index in [4.69, 9.17) is 4.42 Å². The highest BCUT2D eigenvalue weighted by atomic mass is 16.4. The zero-order valence-electron chi connectivity index (χ0n) is 13.7. The van der Waals surface area contributed by atoms with Gasteiger partial charge in [-0.15, -0.1) is 10.2 Å². The lowest BCUT2D eigenvalue weighted by molar-refractivity contribution is 0.394. The van der Waals surface area contributed by atoms with Crippen molar-refractivity contribution < 1.29 is 4.42 Å². The van der Waals surface area contributed by atoms with Crippen LogP contribution in [0.2, 0.25) is 0 Å². The van der Waals surface area contributed by atoms with Gasteiger partial charge in [0.05, 0.1) is 6.04 Å². The third kappa shape index (κ3) is 3.48. The largest absolute Gasteiger partial charge is 0.419 e.